The van der Waals surface area contributed by atoms with Crippen LogP contribution in [0.1, 0.15) is 33.4 Å². The first-order valence-electron chi connectivity index (χ1n) is 13.8. The van der Waals surface area contributed by atoms with Crippen LogP contribution in [0.15, 0.2) is 165 Å². The van der Waals surface area contributed by atoms with Crippen LogP contribution >= 0.6 is 23.5 Å². The van der Waals surface area contributed by atoms with E-state index in [1.165, 1.54) is 64.1 Å². The third kappa shape index (κ3) is 2.62. The SMILES string of the molecule is c1ccc2c(c1)Sc1ccccc1C21c2ccccc2-c2ccccc2C12c1ccccc1Sc1ccccc12. The number of benzene rings is 6. The third-order valence-electron chi connectivity index (χ3n) is 9.12. The van der Waals surface area contributed by atoms with Crippen LogP contribution in [0, 0.1) is 0 Å². The molecule has 9 rings (SSSR count). The Morgan fingerprint density at radius 3 is 0.850 bits per heavy atom. The molecule has 0 amide bonds. The molecule has 40 heavy (non-hydrogen) atoms. The summed E-state index contributed by atoms with van der Waals surface area (Å²) in [6.45, 7) is 0. The van der Waals surface area contributed by atoms with Crippen molar-refractivity contribution in [3.05, 3.63) is 179 Å². The first-order valence-corrected chi connectivity index (χ1v) is 15.4. The lowest BCUT2D eigenvalue weighted by atomic mass is 9.43. The molecule has 0 nitrogen and oxygen atoms in total. The molecule has 1 aliphatic carbocycles. The summed E-state index contributed by atoms with van der Waals surface area (Å²) in [5.74, 6) is 0. The topological polar surface area (TPSA) is 0 Å². The van der Waals surface area contributed by atoms with Crippen molar-refractivity contribution in [1.29, 1.82) is 0 Å². The molecule has 3 aliphatic rings. The Labute approximate surface area is 243 Å². The monoisotopic (exact) mass is 544 g/mol. The first kappa shape index (κ1) is 22.8. The van der Waals surface area contributed by atoms with Gasteiger partial charge in [0, 0.05) is 19.6 Å². The molecule has 0 fully saturated rings. The Bertz CT molecular complexity index is 1750. The van der Waals surface area contributed by atoms with E-state index in [9.17, 15) is 0 Å². The highest BCUT2D eigenvalue weighted by Crippen LogP contribution is 2.71. The van der Waals surface area contributed by atoms with E-state index < -0.39 is 10.8 Å². The maximum Gasteiger partial charge on any atom is 0.0658 e. The molecule has 6 aromatic rings. The lowest BCUT2D eigenvalue weighted by Crippen LogP contribution is -2.56. The minimum absolute atomic E-state index is 0.483. The van der Waals surface area contributed by atoms with Gasteiger partial charge in [0.2, 0.25) is 0 Å². The van der Waals surface area contributed by atoms with Gasteiger partial charge in [0.05, 0.1) is 10.8 Å². The first-order chi connectivity index (χ1) is 19.8. The Morgan fingerprint density at radius 2 is 0.525 bits per heavy atom. The third-order valence-corrected chi connectivity index (χ3v) is 11.4. The van der Waals surface area contributed by atoms with Gasteiger partial charge in [-0.1, -0.05) is 145 Å². The quantitative estimate of drug-likeness (QED) is 0.187. The van der Waals surface area contributed by atoms with E-state index in [-0.39, 0.29) is 0 Å². The van der Waals surface area contributed by atoms with Gasteiger partial charge < -0.3 is 0 Å². The average molecular weight is 545 g/mol. The number of hydrogen-bond donors (Lipinski definition) is 0. The summed E-state index contributed by atoms with van der Waals surface area (Å²) < 4.78 is 0. The summed E-state index contributed by atoms with van der Waals surface area (Å²) >= 11 is 3.82. The smallest absolute Gasteiger partial charge is 0.0658 e. The van der Waals surface area contributed by atoms with Gasteiger partial charge in [-0.05, 0) is 68.8 Å². The Morgan fingerprint density at radius 1 is 0.275 bits per heavy atom. The molecule has 188 valence electrons. The van der Waals surface area contributed by atoms with E-state index in [2.05, 4.69) is 146 Å². The molecular weight excluding hydrogens is 521 g/mol. The van der Waals surface area contributed by atoms with Gasteiger partial charge in [-0.3, -0.25) is 0 Å². The van der Waals surface area contributed by atoms with Crippen molar-refractivity contribution in [2.45, 2.75) is 30.4 Å². The van der Waals surface area contributed by atoms with Gasteiger partial charge in [0.25, 0.3) is 0 Å². The minimum atomic E-state index is -0.483. The molecule has 0 saturated heterocycles. The Balaban J connectivity index is 1.63. The molecule has 0 atom stereocenters. The fourth-order valence-electron chi connectivity index (χ4n) is 7.87. The second-order valence-corrected chi connectivity index (χ2v) is 12.9. The minimum Gasteiger partial charge on any atom is -0.0894 e. The second kappa shape index (κ2) is 8.27. The van der Waals surface area contributed by atoms with Gasteiger partial charge in [-0.15, -0.1) is 0 Å². The van der Waals surface area contributed by atoms with E-state index in [4.69, 9.17) is 0 Å². The van der Waals surface area contributed by atoms with Crippen molar-refractivity contribution >= 4 is 23.5 Å². The van der Waals surface area contributed by atoms with Crippen molar-refractivity contribution in [3.63, 3.8) is 0 Å². The Hall–Kier alpha value is -3.98. The maximum atomic E-state index is 2.41. The molecular formula is C38H24S2. The summed E-state index contributed by atoms with van der Waals surface area (Å²) in [6.07, 6.45) is 0. The average Bonchev–Trinajstić information content (AvgIpc) is 3.02. The van der Waals surface area contributed by atoms with Gasteiger partial charge in [-0.2, -0.15) is 0 Å². The Kier molecular flexibility index (Phi) is 4.71. The van der Waals surface area contributed by atoms with Crippen LogP contribution < -0.4 is 0 Å². The van der Waals surface area contributed by atoms with Crippen molar-refractivity contribution in [2.24, 2.45) is 0 Å². The summed E-state index contributed by atoms with van der Waals surface area (Å²) in [5, 5.41) is 0. The fourth-order valence-corrected chi connectivity index (χ4v) is 10.3. The zero-order valence-electron chi connectivity index (χ0n) is 21.7. The molecule has 6 aromatic carbocycles. The summed E-state index contributed by atoms with van der Waals surface area (Å²) in [4.78, 5) is 5.34. The molecule has 0 unspecified atom stereocenters. The van der Waals surface area contributed by atoms with Crippen molar-refractivity contribution in [1.82, 2.24) is 0 Å². The molecule has 0 aromatic heterocycles. The lowest BCUT2D eigenvalue weighted by molar-refractivity contribution is 0.388. The largest absolute Gasteiger partial charge is 0.0894 e. The normalized spacial score (nSPS) is 16.2. The fraction of sp³-hybridized carbons (Fsp3) is 0.0526. The van der Waals surface area contributed by atoms with Crippen molar-refractivity contribution in [3.8, 4) is 11.1 Å². The van der Waals surface area contributed by atoms with E-state index in [0.717, 1.165) is 0 Å². The number of rotatable bonds is 0. The van der Waals surface area contributed by atoms with Gasteiger partial charge in [-0.25, -0.2) is 0 Å². The van der Waals surface area contributed by atoms with Crippen LogP contribution in [0.4, 0.5) is 0 Å². The van der Waals surface area contributed by atoms with Crippen LogP contribution in [0.25, 0.3) is 11.1 Å². The standard InChI is InChI=1S/C38H24S2/c1-3-15-27-25(13-1)26-14-2-4-16-28(26)38(31-19-7-11-23-35(31)40-36-24-12-8-20-32(36)38)37(27)29-17-5-9-21-33(29)39-34-22-10-6-18-30(34)37/h1-24H. The van der Waals surface area contributed by atoms with Crippen molar-refractivity contribution in [2.75, 3.05) is 0 Å². The summed E-state index contributed by atoms with van der Waals surface area (Å²) in [5.41, 5.74) is 9.99. The van der Waals surface area contributed by atoms with Gasteiger partial charge in [0.15, 0.2) is 0 Å². The number of hydrogen-bond acceptors (Lipinski definition) is 2. The van der Waals surface area contributed by atoms with Crippen LogP contribution in [0.2, 0.25) is 0 Å². The van der Waals surface area contributed by atoms with Gasteiger partial charge >= 0.3 is 0 Å². The summed E-state index contributed by atoms with van der Waals surface area (Å²) in [7, 11) is 0. The van der Waals surface area contributed by atoms with Crippen LogP contribution in [-0.2, 0) is 10.8 Å². The zero-order valence-corrected chi connectivity index (χ0v) is 23.3. The molecule has 0 saturated carbocycles. The second-order valence-electron chi connectivity index (χ2n) is 10.8. The molecule has 0 bridgehead atoms. The van der Waals surface area contributed by atoms with E-state index in [1.54, 1.807) is 0 Å². The molecule has 2 aliphatic heterocycles. The maximum absolute atomic E-state index is 2.41. The van der Waals surface area contributed by atoms with E-state index in [0.29, 0.717) is 0 Å². The molecule has 2 heteroatoms. The molecule has 0 radical (unpaired) electrons. The predicted molar refractivity (Wildman–Crippen MR) is 166 cm³/mol. The summed E-state index contributed by atoms with van der Waals surface area (Å²) in [6, 6.07) is 55.0. The molecule has 2 heterocycles. The molecule has 2 spiro atoms. The van der Waals surface area contributed by atoms with E-state index in [1.807, 2.05) is 23.5 Å². The van der Waals surface area contributed by atoms with Crippen LogP contribution in [0.3, 0.4) is 0 Å². The predicted octanol–water partition coefficient (Wildman–Crippen LogP) is 9.97. The molecule has 0 N–H and O–H groups in total. The lowest BCUT2D eigenvalue weighted by Gasteiger charge is -2.60. The number of fused-ring (bicyclic) bond motifs is 14. The van der Waals surface area contributed by atoms with Crippen LogP contribution in [-0.4, -0.2) is 0 Å². The van der Waals surface area contributed by atoms with Crippen LogP contribution in [0.5, 0.6) is 0 Å². The van der Waals surface area contributed by atoms with Gasteiger partial charge in [0.1, 0.15) is 0 Å². The highest BCUT2D eigenvalue weighted by molar-refractivity contribution is 7.99. The highest BCUT2D eigenvalue weighted by Gasteiger charge is 2.65. The van der Waals surface area contributed by atoms with E-state index >= 15 is 0 Å². The highest BCUT2D eigenvalue weighted by atomic mass is 32.2. The van der Waals surface area contributed by atoms with Crippen molar-refractivity contribution < 1.29 is 0 Å². The zero-order chi connectivity index (χ0) is 26.3.